The van der Waals surface area contributed by atoms with Gasteiger partial charge in [-0.05, 0) is 66.3 Å². The van der Waals surface area contributed by atoms with E-state index in [0.29, 0.717) is 28.8 Å². The number of nitrogens with two attached hydrogens (primary N) is 2. The molecule has 1 aromatic heterocycles. The molecule has 62 heavy (non-hydrogen) atoms. The van der Waals surface area contributed by atoms with Crippen LogP contribution >= 0.6 is 0 Å². The number of Topliss-reactive ketones (excluding diaryl/α,β-unsaturated/α-hetero) is 1. The van der Waals surface area contributed by atoms with Gasteiger partial charge in [0, 0.05) is 19.4 Å². The summed E-state index contributed by atoms with van der Waals surface area (Å²) < 4.78 is 17.8. The van der Waals surface area contributed by atoms with Crippen LogP contribution < -0.4 is 22.1 Å². The second kappa shape index (κ2) is 20.3. The molecule has 2 heterocycles. The quantitative estimate of drug-likeness (QED) is 0.0475. The van der Waals surface area contributed by atoms with Crippen molar-refractivity contribution in [3.63, 3.8) is 0 Å². The third kappa shape index (κ3) is 11.5. The van der Waals surface area contributed by atoms with Crippen LogP contribution in [0.4, 0.5) is 10.5 Å². The number of hydrogen-bond acceptors (Lipinski definition) is 9. The lowest BCUT2D eigenvalue weighted by Crippen LogP contribution is -2.55. The summed E-state index contributed by atoms with van der Waals surface area (Å²) in [5, 5.41) is 5.73. The summed E-state index contributed by atoms with van der Waals surface area (Å²) in [6.45, 7) is 2.30. The minimum Gasteiger partial charge on any atom is -0.445 e. The minimum absolute atomic E-state index is 0.00244. The average molecular weight is 836 g/mol. The molecule has 0 radical (unpaired) electrons. The monoisotopic (exact) mass is 835 g/mol. The lowest BCUT2D eigenvalue weighted by atomic mass is 10.0. The number of carbonyl (C=O) groups excluding carboxylic acids is 4. The number of aryl methyl sites for hydroxylation is 2. The molecule has 1 fully saturated rings. The van der Waals surface area contributed by atoms with Crippen LogP contribution in [-0.2, 0) is 45.1 Å². The SMILES string of the molecule is Cc1ccc(CO[C@@H]2C[C@@H](C(=O)N[C@@H](Cc3ccc(N=C(N)N)cc3)C(=O)c3nc4ccccc4o3)N(C(=O)[C@@H](CCc3ccccc3)NC(=O)OCc3ccccc3)C2)cc1. The Labute approximate surface area is 359 Å². The number of fused-ring (bicyclic) bond motifs is 1. The average Bonchev–Trinajstić information content (AvgIpc) is 3.93. The van der Waals surface area contributed by atoms with Crippen LogP contribution in [0.15, 0.2) is 143 Å². The van der Waals surface area contributed by atoms with Crippen LogP contribution in [-0.4, -0.2) is 70.3 Å². The fourth-order valence-electron chi connectivity index (χ4n) is 7.32. The summed E-state index contributed by atoms with van der Waals surface area (Å²) in [5.74, 6) is -1.91. The fourth-order valence-corrected chi connectivity index (χ4v) is 7.32. The summed E-state index contributed by atoms with van der Waals surface area (Å²) in [4.78, 5) is 67.0. The Morgan fingerprint density at radius 2 is 1.42 bits per heavy atom. The van der Waals surface area contributed by atoms with E-state index >= 15 is 0 Å². The van der Waals surface area contributed by atoms with Crippen molar-refractivity contribution in [1.82, 2.24) is 20.5 Å². The van der Waals surface area contributed by atoms with Crippen molar-refractivity contribution in [3.8, 4) is 0 Å². The van der Waals surface area contributed by atoms with E-state index in [1.54, 1.807) is 48.5 Å². The van der Waals surface area contributed by atoms with Gasteiger partial charge in [0.1, 0.15) is 30.2 Å². The Balaban J connectivity index is 1.16. The molecule has 318 valence electrons. The Kier molecular flexibility index (Phi) is 14.0. The zero-order chi connectivity index (χ0) is 43.4. The number of ketones is 1. The Hall–Kier alpha value is -7.32. The Morgan fingerprint density at radius 1 is 0.774 bits per heavy atom. The molecule has 5 aromatic carbocycles. The van der Waals surface area contributed by atoms with Crippen molar-refractivity contribution in [3.05, 3.63) is 167 Å². The van der Waals surface area contributed by atoms with Gasteiger partial charge in [0.2, 0.25) is 17.6 Å². The van der Waals surface area contributed by atoms with Gasteiger partial charge in [-0.15, -0.1) is 0 Å². The second-order valence-electron chi connectivity index (χ2n) is 15.3. The van der Waals surface area contributed by atoms with Crippen molar-refractivity contribution >= 4 is 46.4 Å². The molecule has 4 atom stereocenters. The molecule has 0 aliphatic carbocycles. The van der Waals surface area contributed by atoms with Gasteiger partial charge in [0.15, 0.2) is 11.5 Å². The topological polar surface area (TPSA) is 204 Å². The van der Waals surface area contributed by atoms with E-state index in [0.717, 1.165) is 22.3 Å². The lowest BCUT2D eigenvalue weighted by molar-refractivity contribution is -0.140. The number of aromatic nitrogens is 1. The van der Waals surface area contributed by atoms with E-state index in [-0.39, 0.29) is 50.9 Å². The molecular weight excluding hydrogens is 787 g/mol. The van der Waals surface area contributed by atoms with Crippen LogP contribution in [0.1, 0.15) is 51.3 Å². The van der Waals surface area contributed by atoms with Crippen molar-refractivity contribution in [2.24, 2.45) is 16.5 Å². The van der Waals surface area contributed by atoms with E-state index in [1.165, 1.54) is 4.90 Å². The summed E-state index contributed by atoms with van der Waals surface area (Å²) >= 11 is 0. The molecule has 0 unspecified atom stereocenters. The number of nitrogens with one attached hydrogen (secondary N) is 2. The van der Waals surface area contributed by atoms with Gasteiger partial charge in [0.25, 0.3) is 5.89 Å². The summed E-state index contributed by atoms with van der Waals surface area (Å²) in [7, 11) is 0. The molecule has 6 aromatic rings. The first kappa shape index (κ1) is 42.8. The third-order valence-corrected chi connectivity index (χ3v) is 10.6. The number of nitrogens with zero attached hydrogens (tertiary/aromatic N) is 3. The summed E-state index contributed by atoms with van der Waals surface area (Å²) in [5.41, 5.74) is 17.0. The smallest absolute Gasteiger partial charge is 0.408 e. The molecule has 0 saturated carbocycles. The zero-order valence-corrected chi connectivity index (χ0v) is 34.3. The fraction of sp³-hybridized carbons (Fsp3) is 0.250. The first-order valence-electron chi connectivity index (χ1n) is 20.5. The highest BCUT2D eigenvalue weighted by Gasteiger charge is 2.44. The van der Waals surface area contributed by atoms with Crippen LogP contribution in [0.2, 0.25) is 0 Å². The number of carbonyl (C=O) groups is 4. The van der Waals surface area contributed by atoms with Crippen LogP contribution in [0.3, 0.4) is 0 Å². The molecule has 3 amide bonds. The van der Waals surface area contributed by atoms with E-state index < -0.39 is 47.9 Å². The van der Waals surface area contributed by atoms with Crippen LogP contribution in [0, 0.1) is 6.92 Å². The molecule has 14 nitrogen and oxygen atoms in total. The van der Waals surface area contributed by atoms with E-state index in [1.807, 2.05) is 91.9 Å². The van der Waals surface area contributed by atoms with Gasteiger partial charge in [-0.3, -0.25) is 14.4 Å². The molecule has 14 heteroatoms. The van der Waals surface area contributed by atoms with Gasteiger partial charge in [-0.1, -0.05) is 115 Å². The maximum Gasteiger partial charge on any atom is 0.408 e. The van der Waals surface area contributed by atoms with Crippen molar-refractivity contribution in [2.75, 3.05) is 6.54 Å². The normalized spacial score (nSPS) is 15.7. The number of guanidine groups is 1. The number of alkyl carbamates (subject to hydrolysis) is 1. The number of likely N-dealkylation sites (tertiary alicyclic amines) is 1. The van der Waals surface area contributed by atoms with Crippen molar-refractivity contribution in [1.29, 1.82) is 0 Å². The number of benzene rings is 5. The predicted molar refractivity (Wildman–Crippen MR) is 234 cm³/mol. The number of oxazole rings is 1. The lowest BCUT2D eigenvalue weighted by Gasteiger charge is -2.29. The Morgan fingerprint density at radius 3 is 2.11 bits per heavy atom. The van der Waals surface area contributed by atoms with Crippen LogP contribution in [0.25, 0.3) is 11.1 Å². The minimum atomic E-state index is -1.16. The largest absolute Gasteiger partial charge is 0.445 e. The summed E-state index contributed by atoms with van der Waals surface area (Å²) in [6.07, 6.45) is -0.472. The van der Waals surface area contributed by atoms with Crippen molar-refractivity contribution < 1.29 is 33.1 Å². The number of para-hydroxylation sites is 2. The molecule has 1 aliphatic heterocycles. The molecule has 7 rings (SSSR count). The van der Waals surface area contributed by atoms with E-state index in [9.17, 15) is 19.2 Å². The number of ether oxygens (including phenoxy) is 2. The highest BCUT2D eigenvalue weighted by molar-refractivity contribution is 6.01. The molecule has 1 saturated heterocycles. The molecule has 6 N–H and O–H groups in total. The van der Waals surface area contributed by atoms with Gasteiger partial charge < -0.3 is 40.9 Å². The number of amides is 3. The highest BCUT2D eigenvalue weighted by atomic mass is 16.5. The standard InChI is InChI=1S/C48H49N7O7/c1-31-16-18-35(19-17-31)29-60-37-27-41(55(28-37)46(58)39(25-22-32-10-4-2-5-11-32)54-48(59)61-30-34-12-6-3-7-13-34)44(57)52-40(26-33-20-23-36(24-21-33)51-47(49)50)43(56)45-53-38-14-8-9-15-42(38)62-45/h2-21,23-24,37,39-41H,22,25-30H2,1H3,(H,52,57)(H,54,59)(H4,49,50,51)/t37-,39-,40+,41+/m1/s1. The molecule has 1 aliphatic rings. The first-order valence-corrected chi connectivity index (χ1v) is 20.5. The summed E-state index contributed by atoms with van der Waals surface area (Å²) in [6, 6.07) is 37.3. The number of aliphatic imine (C=N–C) groups is 1. The van der Waals surface area contributed by atoms with Gasteiger partial charge in [-0.25, -0.2) is 14.8 Å². The number of hydrogen-bond donors (Lipinski definition) is 4. The maximum atomic E-state index is 14.8. The molecular formula is C48H49N7O7. The van der Waals surface area contributed by atoms with Gasteiger partial charge in [0.05, 0.1) is 18.4 Å². The maximum absolute atomic E-state index is 14.8. The zero-order valence-electron chi connectivity index (χ0n) is 34.3. The predicted octanol–water partition coefficient (Wildman–Crippen LogP) is 6.07. The Bertz CT molecular complexity index is 2460. The molecule has 0 bridgehead atoms. The van der Waals surface area contributed by atoms with Gasteiger partial charge >= 0.3 is 6.09 Å². The van der Waals surface area contributed by atoms with E-state index in [2.05, 4.69) is 20.6 Å². The molecule has 0 spiro atoms. The highest BCUT2D eigenvalue weighted by Crippen LogP contribution is 2.26. The second-order valence-corrected chi connectivity index (χ2v) is 15.3. The number of rotatable bonds is 17. The van der Waals surface area contributed by atoms with E-state index in [4.69, 9.17) is 25.4 Å². The van der Waals surface area contributed by atoms with Crippen molar-refractivity contribution in [2.45, 2.75) is 70.1 Å². The van der Waals surface area contributed by atoms with Gasteiger partial charge in [-0.2, -0.15) is 0 Å². The van der Waals surface area contributed by atoms with Crippen LogP contribution in [0.5, 0.6) is 0 Å². The first-order chi connectivity index (χ1) is 30.1. The third-order valence-electron chi connectivity index (χ3n) is 10.6.